The van der Waals surface area contributed by atoms with E-state index in [1.165, 1.54) is 11.6 Å². The van der Waals surface area contributed by atoms with Gasteiger partial charge >= 0.3 is 5.69 Å². The molecule has 1 heterocycles. The zero-order valence-corrected chi connectivity index (χ0v) is 13.8. The fraction of sp³-hybridized carbons (Fsp3) is 0.278. The van der Waals surface area contributed by atoms with Gasteiger partial charge in [0.05, 0.1) is 4.92 Å². The van der Waals surface area contributed by atoms with Crippen LogP contribution < -0.4 is 4.90 Å². The van der Waals surface area contributed by atoms with Crippen molar-refractivity contribution in [2.75, 3.05) is 31.1 Å². The zero-order valence-electron chi connectivity index (χ0n) is 13.8. The number of rotatable bonds is 3. The minimum absolute atomic E-state index is 0.137. The molecule has 1 fully saturated rings. The molecule has 1 amide bonds. The molecule has 0 aliphatic carbocycles. The summed E-state index contributed by atoms with van der Waals surface area (Å²) in [6, 6.07) is 11.3. The number of para-hydroxylation sites is 1. The average molecular weight is 343 g/mol. The van der Waals surface area contributed by atoms with E-state index < -0.39 is 16.4 Å². The molecule has 0 saturated carbocycles. The second-order valence-corrected chi connectivity index (χ2v) is 5.99. The van der Waals surface area contributed by atoms with E-state index in [0.717, 1.165) is 17.8 Å². The van der Waals surface area contributed by atoms with Gasteiger partial charge in [0, 0.05) is 43.5 Å². The molecule has 1 aliphatic heterocycles. The predicted octanol–water partition coefficient (Wildman–Crippen LogP) is 3.00. The van der Waals surface area contributed by atoms with Gasteiger partial charge in [0.15, 0.2) is 0 Å². The molecule has 0 N–H and O–H groups in total. The van der Waals surface area contributed by atoms with Crippen molar-refractivity contribution >= 4 is 17.3 Å². The van der Waals surface area contributed by atoms with Crippen LogP contribution in [0.2, 0.25) is 0 Å². The van der Waals surface area contributed by atoms with E-state index in [0.29, 0.717) is 26.2 Å². The lowest BCUT2D eigenvalue weighted by molar-refractivity contribution is -0.387. The number of carbonyl (C=O) groups is 1. The second kappa shape index (κ2) is 6.88. The van der Waals surface area contributed by atoms with Crippen molar-refractivity contribution in [3.63, 3.8) is 0 Å². The Balaban J connectivity index is 1.71. The highest BCUT2D eigenvalue weighted by molar-refractivity contribution is 5.95. The molecule has 1 saturated heterocycles. The van der Waals surface area contributed by atoms with E-state index in [9.17, 15) is 19.3 Å². The summed E-state index contributed by atoms with van der Waals surface area (Å²) in [6.45, 7) is 4.43. The van der Waals surface area contributed by atoms with Crippen LogP contribution in [0.25, 0.3) is 0 Å². The molecular formula is C18H18FN3O3. The van der Waals surface area contributed by atoms with Gasteiger partial charge in [-0.3, -0.25) is 14.9 Å². The molecule has 0 radical (unpaired) electrons. The van der Waals surface area contributed by atoms with Gasteiger partial charge in [-0.25, -0.2) is 0 Å². The quantitative estimate of drug-likeness (QED) is 0.635. The monoisotopic (exact) mass is 343 g/mol. The first-order valence-electron chi connectivity index (χ1n) is 8.01. The summed E-state index contributed by atoms with van der Waals surface area (Å²) >= 11 is 0. The van der Waals surface area contributed by atoms with Crippen LogP contribution in [0.3, 0.4) is 0 Å². The summed E-state index contributed by atoms with van der Waals surface area (Å²) in [4.78, 5) is 26.4. The Morgan fingerprint density at radius 1 is 1.12 bits per heavy atom. The number of benzene rings is 2. The maximum absolute atomic E-state index is 13.4. The lowest BCUT2D eigenvalue weighted by Gasteiger charge is -2.36. The highest BCUT2D eigenvalue weighted by atomic mass is 19.1. The van der Waals surface area contributed by atoms with Gasteiger partial charge in [-0.05, 0) is 30.7 Å². The fourth-order valence-corrected chi connectivity index (χ4v) is 3.04. The van der Waals surface area contributed by atoms with Crippen LogP contribution in [0.1, 0.15) is 15.9 Å². The van der Waals surface area contributed by atoms with Gasteiger partial charge in [0.1, 0.15) is 0 Å². The Labute approximate surface area is 144 Å². The number of nitro benzene ring substituents is 1. The Kier molecular flexibility index (Phi) is 4.65. The summed E-state index contributed by atoms with van der Waals surface area (Å²) in [5.41, 5.74) is 1.78. The van der Waals surface area contributed by atoms with Crippen LogP contribution in [0.4, 0.5) is 15.8 Å². The molecule has 7 heteroatoms. The molecule has 1 aliphatic rings. The third-order valence-corrected chi connectivity index (χ3v) is 4.41. The maximum Gasteiger partial charge on any atom is 0.305 e. The predicted molar refractivity (Wildman–Crippen MR) is 92.3 cm³/mol. The number of piperazine rings is 1. The highest BCUT2D eigenvalue weighted by Gasteiger charge is 2.25. The number of aryl methyl sites for hydroxylation is 1. The van der Waals surface area contributed by atoms with Crippen molar-refractivity contribution in [1.82, 2.24) is 4.90 Å². The van der Waals surface area contributed by atoms with Crippen LogP contribution in [-0.4, -0.2) is 41.9 Å². The first kappa shape index (κ1) is 16.9. The van der Waals surface area contributed by atoms with Crippen molar-refractivity contribution in [2.45, 2.75) is 6.92 Å². The van der Waals surface area contributed by atoms with Crippen molar-refractivity contribution in [3.8, 4) is 0 Å². The topological polar surface area (TPSA) is 66.7 Å². The van der Waals surface area contributed by atoms with Crippen LogP contribution in [0.5, 0.6) is 0 Å². The molecule has 0 atom stereocenters. The van der Waals surface area contributed by atoms with Gasteiger partial charge in [0.25, 0.3) is 5.91 Å². The van der Waals surface area contributed by atoms with Gasteiger partial charge in [-0.1, -0.05) is 18.2 Å². The first-order valence-corrected chi connectivity index (χ1v) is 8.01. The summed E-state index contributed by atoms with van der Waals surface area (Å²) in [5.74, 6) is -1.25. The van der Waals surface area contributed by atoms with E-state index >= 15 is 0 Å². The molecule has 0 aromatic heterocycles. The fourth-order valence-electron chi connectivity index (χ4n) is 3.04. The molecule has 0 spiro atoms. The number of nitro groups is 1. The minimum atomic E-state index is -0.939. The second-order valence-electron chi connectivity index (χ2n) is 5.99. The Bertz CT molecular complexity index is 817. The molecule has 2 aromatic rings. The minimum Gasteiger partial charge on any atom is -0.368 e. The zero-order chi connectivity index (χ0) is 18.0. The van der Waals surface area contributed by atoms with Crippen LogP contribution in [0.15, 0.2) is 42.5 Å². The molecular weight excluding hydrogens is 325 g/mol. The normalized spacial score (nSPS) is 14.5. The first-order chi connectivity index (χ1) is 12.0. The smallest absolute Gasteiger partial charge is 0.305 e. The largest absolute Gasteiger partial charge is 0.368 e. The summed E-state index contributed by atoms with van der Waals surface area (Å²) in [6.07, 6.45) is 0. The molecule has 130 valence electrons. The third kappa shape index (κ3) is 3.45. The van der Waals surface area contributed by atoms with Gasteiger partial charge < -0.3 is 9.80 Å². The lowest BCUT2D eigenvalue weighted by atomic mass is 10.1. The molecule has 3 rings (SSSR count). The van der Waals surface area contributed by atoms with E-state index in [1.807, 2.05) is 25.1 Å². The van der Waals surface area contributed by atoms with Crippen LogP contribution in [-0.2, 0) is 0 Å². The average Bonchev–Trinajstić information content (AvgIpc) is 2.62. The number of anilines is 1. The van der Waals surface area contributed by atoms with Gasteiger partial charge in [-0.15, -0.1) is 0 Å². The van der Waals surface area contributed by atoms with E-state index in [2.05, 4.69) is 11.0 Å². The number of amides is 1. The summed E-state index contributed by atoms with van der Waals surface area (Å²) in [7, 11) is 0. The summed E-state index contributed by atoms with van der Waals surface area (Å²) in [5, 5.41) is 10.8. The van der Waals surface area contributed by atoms with E-state index in [4.69, 9.17) is 0 Å². The maximum atomic E-state index is 13.4. The lowest BCUT2D eigenvalue weighted by Crippen LogP contribution is -2.49. The van der Waals surface area contributed by atoms with Crippen molar-refractivity contribution < 1.29 is 14.1 Å². The number of carbonyl (C=O) groups excluding carboxylic acids is 1. The molecule has 0 bridgehead atoms. The van der Waals surface area contributed by atoms with Gasteiger partial charge in [0.2, 0.25) is 5.82 Å². The SMILES string of the molecule is Cc1ccccc1N1CCN(C(=O)c2ccc(F)c([N+](=O)[O-])c2)CC1. The molecule has 2 aromatic carbocycles. The molecule has 25 heavy (non-hydrogen) atoms. The van der Waals surface area contributed by atoms with Crippen molar-refractivity contribution in [1.29, 1.82) is 0 Å². The summed E-state index contributed by atoms with van der Waals surface area (Å²) < 4.78 is 13.4. The van der Waals surface area contributed by atoms with Crippen molar-refractivity contribution in [3.05, 3.63) is 69.5 Å². The number of hydrogen-bond acceptors (Lipinski definition) is 4. The molecule has 6 nitrogen and oxygen atoms in total. The van der Waals surface area contributed by atoms with E-state index in [-0.39, 0.29) is 11.5 Å². The Morgan fingerprint density at radius 2 is 1.80 bits per heavy atom. The third-order valence-electron chi connectivity index (χ3n) is 4.41. The Hall–Kier alpha value is -2.96. The number of halogens is 1. The van der Waals surface area contributed by atoms with Gasteiger partial charge in [-0.2, -0.15) is 4.39 Å². The highest BCUT2D eigenvalue weighted by Crippen LogP contribution is 2.23. The van der Waals surface area contributed by atoms with Crippen molar-refractivity contribution in [2.24, 2.45) is 0 Å². The number of hydrogen-bond donors (Lipinski definition) is 0. The number of nitrogens with zero attached hydrogens (tertiary/aromatic N) is 3. The molecule has 0 unspecified atom stereocenters. The Morgan fingerprint density at radius 3 is 2.44 bits per heavy atom. The van der Waals surface area contributed by atoms with E-state index in [1.54, 1.807) is 4.90 Å². The standard InChI is InChI=1S/C18H18FN3O3/c1-13-4-2-3-5-16(13)20-8-10-21(11-9-20)18(23)14-6-7-15(19)17(12-14)22(24)25/h2-7,12H,8-11H2,1H3. The van der Waals surface area contributed by atoms with Crippen LogP contribution >= 0.6 is 0 Å². The van der Waals surface area contributed by atoms with Crippen LogP contribution in [0, 0.1) is 22.9 Å².